The van der Waals surface area contributed by atoms with Crippen LogP contribution in [0.15, 0.2) is 30.3 Å². The molecule has 0 radical (unpaired) electrons. The van der Waals surface area contributed by atoms with Crippen LogP contribution in [0, 0.1) is 13.8 Å². The highest BCUT2D eigenvalue weighted by Gasteiger charge is 2.19. The van der Waals surface area contributed by atoms with Crippen molar-refractivity contribution in [3.63, 3.8) is 0 Å². The molecule has 2 aromatic heterocycles. The number of nitrogens with zero attached hydrogens (tertiary/aromatic N) is 5. The summed E-state index contributed by atoms with van der Waals surface area (Å²) in [6, 6.07) is 8.59. The first-order valence-electron chi connectivity index (χ1n) is 11.9. The summed E-state index contributed by atoms with van der Waals surface area (Å²) in [6.45, 7) is 8.52. The number of aromatic nitrogens is 3. The number of carboxylic acids is 1. The van der Waals surface area contributed by atoms with Crippen molar-refractivity contribution in [2.75, 3.05) is 55.7 Å². The maximum atomic E-state index is 11.0. The number of benzene rings is 1. The van der Waals surface area contributed by atoms with Crippen molar-refractivity contribution < 1.29 is 9.90 Å². The molecule has 9 heteroatoms. The molecule has 1 saturated heterocycles. The summed E-state index contributed by atoms with van der Waals surface area (Å²) in [5, 5.41) is 13.5. The van der Waals surface area contributed by atoms with Gasteiger partial charge in [0.2, 0.25) is 5.95 Å². The average Bonchev–Trinajstić information content (AvgIpc) is 2.81. The quantitative estimate of drug-likeness (QED) is 0.333. The second-order valence-corrected chi connectivity index (χ2v) is 9.04. The number of para-hydroxylation sites is 1. The Labute approximate surface area is 205 Å². The second kappa shape index (κ2) is 10.7. The van der Waals surface area contributed by atoms with Crippen LogP contribution in [0.4, 0.5) is 17.6 Å². The Kier molecular flexibility index (Phi) is 7.45. The molecule has 0 saturated carbocycles. The molecule has 0 spiro atoms. The fourth-order valence-corrected chi connectivity index (χ4v) is 4.43. The number of hydrogen-bond acceptors (Lipinski definition) is 8. The van der Waals surface area contributed by atoms with Gasteiger partial charge in [0.25, 0.3) is 0 Å². The standard InChI is InChI=1S/C26H33N7O2/c1-17-6-4-7-19-16-20(25(30-23(17)19)33-14-12-32(3)13-15-33)8-5-11-28-24-21(9-10-22(34)35)18(2)29-26(27)31-24/h4,6-7,9-10,16H,5,8,11-15H2,1-3H3,(H,34,35)(H3,27,28,29,31)/b10-9+. The predicted molar refractivity (Wildman–Crippen MR) is 141 cm³/mol. The molecule has 35 heavy (non-hydrogen) atoms. The number of carbonyl (C=O) groups is 1. The molecule has 3 aromatic rings. The number of likely N-dealkylation sites (N-methyl/N-ethyl adjacent to an activating group) is 1. The monoisotopic (exact) mass is 475 g/mol. The highest BCUT2D eigenvalue weighted by atomic mass is 16.4. The van der Waals surface area contributed by atoms with E-state index in [-0.39, 0.29) is 5.95 Å². The van der Waals surface area contributed by atoms with Crippen LogP contribution in [0.5, 0.6) is 0 Å². The molecular weight excluding hydrogens is 442 g/mol. The van der Waals surface area contributed by atoms with Gasteiger partial charge < -0.3 is 26.0 Å². The Balaban J connectivity index is 1.53. The molecule has 1 aromatic carbocycles. The Bertz CT molecular complexity index is 1250. The van der Waals surface area contributed by atoms with Gasteiger partial charge in [-0.15, -0.1) is 0 Å². The zero-order valence-electron chi connectivity index (χ0n) is 20.6. The van der Waals surface area contributed by atoms with Crippen LogP contribution in [0.3, 0.4) is 0 Å². The molecule has 4 N–H and O–H groups in total. The van der Waals surface area contributed by atoms with E-state index in [1.807, 2.05) is 0 Å². The first-order valence-corrected chi connectivity index (χ1v) is 11.9. The van der Waals surface area contributed by atoms with Crippen molar-refractivity contribution in [2.45, 2.75) is 26.7 Å². The lowest BCUT2D eigenvalue weighted by Crippen LogP contribution is -2.45. The van der Waals surface area contributed by atoms with E-state index < -0.39 is 5.97 Å². The van der Waals surface area contributed by atoms with Gasteiger partial charge in [-0.2, -0.15) is 4.98 Å². The lowest BCUT2D eigenvalue weighted by molar-refractivity contribution is -0.131. The van der Waals surface area contributed by atoms with Gasteiger partial charge in [0.1, 0.15) is 11.6 Å². The van der Waals surface area contributed by atoms with Crippen LogP contribution in [0.25, 0.3) is 17.0 Å². The predicted octanol–water partition coefficient (Wildman–Crippen LogP) is 3.12. The van der Waals surface area contributed by atoms with Crippen LogP contribution >= 0.6 is 0 Å². The number of pyridine rings is 1. The van der Waals surface area contributed by atoms with Crippen molar-refractivity contribution >= 4 is 40.5 Å². The Morgan fingerprint density at radius 1 is 1.17 bits per heavy atom. The van der Waals surface area contributed by atoms with Crippen molar-refractivity contribution in [2.24, 2.45) is 0 Å². The van der Waals surface area contributed by atoms with Crippen molar-refractivity contribution in [3.05, 3.63) is 52.7 Å². The van der Waals surface area contributed by atoms with Crippen LogP contribution in [-0.2, 0) is 11.2 Å². The SMILES string of the molecule is Cc1nc(N)nc(NCCCc2cc3cccc(C)c3nc2N2CCN(C)CC2)c1/C=C/C(=O)O. The average molecular weight is 476 g/mol. The summed E-state index contributed by atoms with van der Waals surface area (Å²) < 4.78 is 0. The maximum absolute atomic E-state index is 11.0. The van der Waals surface area contributed by atoms with Gasteiger partial charge >= 0.3 is 5.97 Å². The van der Waals surface area contributed by atoms with Crippen LogP contribution in [0.1, 0.15) is 28.8 Å². The van der Waals surface area contributed by atoms with Crippen LogP contribution < -0.4 is 16.0 Å². The van der Waals surface area contributed by atoms with Gasteiger partial charge in [0.15, 0.2) is 0 Å². The molecule has 9 nitrogen and oxygen atoms in total. The first kappa shape index (κ1) is 24.4. The number of piperazine rings is 1. The number of anilines is 3. The molecule has 0 amide bonds. The Morgan fingerprint density at radius 2 is 1.94 bits per heavy atom. The number of hydrogen-bond donors (Lipinski definition) is 3. The van der Waals surface area contributed by atoms with E-state index in [2.05, 4.69) is 63.3 Å². The van der Waals surface area contributed by atoms with E-state index in [4.69, 9.17) is 15.8 Å². The van der Waals surface area contributed by atoms with E-state index in [1.165, 1.54) is 17.2 Å². The highest BCUT2D eigenvalue weighted by molar-refractivity contribution is 5.87. The molecule has 1 aliphatic rings. The van der Waals surface area contributed by atoms with Gasteiger partial charge in [0.05, 0.1) is 11.2 Å². The van der Waals surface area contributed by atoms with E-state index in [0.29, 0.717) is 23.6 Å². The fraction of sp³-hybridized carbons (Fsp3) is 0.385. The van der Waals surface area contributed by atoms with Crippen LogP contribution in [0.2, 0.25) is 0 Å². The second-order valence-electron chi connectivity index (χ2n) is 9.04. The topological polar surface area (TPSA) is 120 Å². The number of rotatable bonds is 8. The third kappa shape index (κ3) is 5.86. The maximum Gasteiger partial charge on any atom is 0.328 e. The van der Waals surface area contributed by atoms with E-state index >= 15 is 0 Å². The van der Waals surface area contributed by atoms with Crippen molar-refractivity contribution in [1.82, 2.24) is 19.9 Å². The summed E-state index contributed by atoms with van der Waals surface area (Å²) in [7, 11) is 2.16. The lowest BCUT2D eigenvalue weighted by Gasteiger charge is -2.34. The molecule has 1 fully saturated rings. The molecule has 0 bridgehead atoms. The zero-order valence-corrected chi connectivity index (χ0v) is 20.6. The summed E-state index contributed by atoms with van der Waals surface area (Å²) in [6.07, 6.45) is 4.29. The summed E-state index contributed by atoms with van der Waals surface area (Å²) in [4.78, 5) is 29.3. The van der Waals surface area contributed by atoms with Gasteiger partial charge in [-0.25, -0.2) is 14.8 Å². The number of fused-ring (bicyclic) bond motifs is 1. The molecule has 0 aliphatic carbocycles. The molecule has 0 atom stereocenters. The molecule has 0 unspecified atom stereocenters. The zero-order chi connectivity index (χ0) is 24.9. The summed E-state index contributed by atoms with van der Waals surface area (Å²) in [5.41, 5.74) is 10.6. The highest BCUT2D eigenvalue weighted by Crippen LogP contribution is 2.28. The number of aliphatic carboxylic acids is 1. The number of nitrogen functional groups attached to an aromatic ring is 1. The third-order valence-corrected chi connectivity index (χ3v) is 6.37. The lowest BCUT2D eigenvalue weighted by atomic mass is 10.0. The minimum absolute atomic E-state index is 0.156. The smallest absolute Gasteiger partial charge is 0.328 e. The van der Waals surface area contributed by atoms with E-state index in [0.717, 1.165) is 61.8 Å². The van der Waals surface area contributed by atoms with Crippen molar-refractivity contribution in [3.8, 4) is 0 Å². The minimum atomic E-state index is -1.03. The number of nitrogens with one attached hydrogen (secondary N) is 1. The normalized spacial score (nSPS) is 14.7. The molecular formula is C26H33N7O2. The number of carboxylic acid groups (broad SMARTS) is 1. The Morgan fingerprint density at radius 3 is 2.69 bits per heavy atom. The number of aryl methyl sites for hydroxylation is 3. The van der Waals surface area contributed by atoms with E-state index in [9.17, 15) is 4.79 Å². The fourth-order valence-electron chi connectivity index (χ4n) is 4.43. The van der Waals surface area contributed by atoms with Gasteiger partial charge in [0, 0.05) is 49.7 Å². The molecule has 184 valence electrons. The Hall–Kier alpha value is -3.72. The number of nitrogens with two attached hydrogens (primary N) is 1. The molecule has 1 aliphatic heterocycles. The first-order chi connectivity index (χ1) is 16.8. The van der Waals surface area contributed by atoms with Crippen molar-refractivity contribution in [1.29, 1.82) is 0 Å². The molecule has 4 rings (SSSR count). The van der Waals surface area contributed by atoms with Gasteiger partial charge in [-0.1, -0.05) is 18.2 Å². The largest absolute Gasteiger partial charge is 0.478 e. The van der Waals surface area contributed by atoms with E-state index in [1.54, 1.807) is 6.92 Å². The van der Waals surface area contributed by atoms with Gasteiger partial charge in [-0.05, 0) is 57.0 Å². The minimum Gasteiger partial charge on any atom is -0.478 e. The summed E-state index contributed by atoms with van der Waals surface area (Å²) >= 11 is 0. The summed E-state index contributed by atoms with van der Waals surface area (Å²) in [5.74, 6) is 0.748. The van der Waals surface area contributed by atoms with Gasteiger partial charge in [-0.3, -0.25) is 0 Å². The molecule has 3 heterocycles. The van der Waals surface area contributed by atoms with Crippen LogP contribution in [-0.4, -0.2) is 70.7 Å². The third-order valence-electron chi connectivity index (χ3n) is 6.37.